The monoisotopic (exact) mass is 763 g/mol. The van der Waals surface area contributed by atoms with Crippen LogP contribution in [-0.4, -0.2) is 19.5 Å². The molecule has 0 atom stereocenters. The lowest BCUT2D eigenvalue weighted by Gasteiger charge is -2.10. The van der Waals surface area contributed by atoms with Crippen molar-refractivity contribution in [1.82, 2.24) is 19.5 Å². The number of benzene rings is 8. The normalized spacial score (nSPS) is 13.1. The second-order valence-corrected chi connectivity index (χ2v) is 14.8. The highest BCUT2D eigenvalue weighted by Gasteiger charge is 2.19. The molecule has 6 nitrogen and oxygen atoms in total. The number of para-hydroxylation sites is 3. The molecule has 0 saturated heterocycles. The maximum absolute atomic E-state index is 8.84. The van der Waals surface area contributed by atoms with Gasteiger partial charge in [0.25, 0.3) is 0 Å². The lowest BCUT2D eigenvalue weighted by molar-refractivity contribution is 0.668. The summed E-state index contributed by atoms with van der Waals surface area (Å²) in [4.78, 5) is 14.7. The summed E-state index contributed by atoms with van der Waals surface area (Å²) in [5, 5.41) is 5.97. The van der Waals surface area contributed by atoms with Gasteiger partial charge in [-0.15, -0.1) is 0 Å². The Morgan fingerprint density at radius 1 is 0.475 bits per heavy atom. The third-order valence-electron chi connectivity index (χ3n) is 11.2. The fraction of sp³-hybridized carbons (Fsp3) is 0.0377. The summed E-state index contributed by atoms with van der Waals surface area (Å²) in [6, 6.07) is 49.2. The van der Waals surface area contributed by atoms with Gasteiger partial charge in [0.15, 0.2) is 11.6 Å². The van der Waals surface area contributed by atoms with Crippen LogP contribution in [0.1, 0.15) is 29.4 Å². The number of furan rings is 2. The van der Waals surface area contributed by atoms with Gasteiger partial charge in [-0.05, 0) is 83.8 Å². The van der Waals surface area contributed by atoms with Gasteiger partial charge < -0.3 is 13.4 Å². The van der Waals surface area contributed by atoms with Gasteiger partial charge in [0.05, 0.1) is 17.9 Å². The lowest BCUT2D eigenvalue weighted by Crippen LogP contribution is -2.04. The fourth-order valence-corrected chi connectivity index (χ4v) is 8.65. The topological polar surface area (TPSA) is 69.9 Å². The molecule has 0 bridgehead atoms. The molecule has 0 aliphatic heterocycles. The molecule has 12 aromatic rings. The van der Waals surface area contributed by atoms with Gasteiger partial charge in [-0.2, -0.15) is 0 Å². The largest absolute Gasteiger partial charge is 0.456 e. The maximum Gasteiger partial charge on any atom is 0.164 e. The minimum Gasteiger partial charge on any atom is -0.456 e. The van der Waals surface area contributed by atoms with Gasteiger partial charge >= 0.3 is 0 Å². The zero-order valence-corrected chi connectivity index (χ0v) is 31.5. The van der Waals surface area contributed by atoms with Crippen molar-refractivity contribution in [3.63, 3.8) is 0 Å². The predicted molar refractivity (Wildman–Crippen MR) is 238 cm³/mol. The Hall–Kier alpha value is -7.83. The Morgan fingerprint density at radius 3 is 2.00 bits per heavy atom. The second kappa shape index (κ2) is 13.4. The van der Waals surface area contributed by atoms with E-state index in [9.17, 15) is 0 Å². The van der Waals surface area contributed by atoms with Crippen LogP contribution in [0.5, 0.6) is 0 Å². The molecule has 278 valence electrons. The minimum atomic E-state index is -0.489. The summed E-state index contributed by atoms with van der Waals surface area (Å²) >= 11 is 0. The van der Waals surface area contributed by atoms with Gasteiger partial charge in [0.1, 0.15) is 28.2 Å². The van der Waals surface area contributed by atoms with Crippen LogP contribution in [-0.2, 0) is 12.8 Å². The first-order valence-corrected chi connectivity index (χ1v) is 19.5. The van der Waals surface area contributed by atoms with Crippen LogP contribution in [0.3, 0.4) is 0 Å². The van der Waals surface area contributed by atoms with Crippen molar-refractivity contribution in [2.75, 3.05) is 0 Å². The molecule has 12 rings (SSSR count). The molecule has 0 N–H and O–H groups in total. The van der Waals surface area contributed by atoms with E-state index in [1.807, 2.05) is 72.8 Å². The fourth-order valence-electron chi connectivity index (χ4n) is 8.65. The molecule has 59 heavy (non-hydrogen) atoms. The second-order valence-electron chi connectivity index (χ2n) is 14.8. The summed E-state index contributed by atoms with van der Waals surface area (Å²) in [5.74, 6) is 0.633. The average molecular weight is 764 g/mol. The summed E-state index contributed by atoms with van der Waals surface area (Å²) in [7, 11) is 0. The van der Waals surface area contributed by atoms with Gasteiger partial charge in [0.2, 0.25) is 0 Å². The zero-order chi connectivity index (χ0) is 43.2. The third-order valence-corrected chi connectivity index (χ3v) is 11.2. The minimum absolute atomic E-state index is 0.0165. The molecule has 8 aromatic carbocycles. The van der Waals surface area contributed by atoms with Crippen molar-refractivity contribution in [2.24, 2.45) is 0 Å². The molecular formula is C53H34N4O2. The molecule has 0 radical (unpaired) electrons. The maximum atomic E-state index is 8.84. The standard InChI is InChI=1S/C53H34N4O2/c1-3-13-35(14-4-1)52-54-49(55-53(56-52)40-20-12-24-48-51(40)39-19-8-10-22-45(39)58-48)32-36-15-11-23-47-50(36)42-31-34(26-28-46(42)59-47)29-33-25-27-44-41(30-33)38-18-7-9-21-43(38)57(44)37-16-5-2-6-17-37/h1-28,30-31H,29,32H2/i1D,3D,4D,13D,14D. The van der Waals surface area contributed by atoms with Crippen LogP contribution in [0, 0.1) is 0 Å². The average Bonchev–Trinajstić information content (AvgIpc) is 4.00. The van der Waals surface area contributed by atoms with E-state index in [1.165, 1.54) is 16.3 Å². The summed E-state index contributed by atoms with van der Waals surface area (Å²) in [6.07, 6.45) is 0.944. The number of rotatable bonds is 7. The molecule has 0 spiro atoms. The molecule has 0 aliphatic carbocycles. The Balaban J connectivity index is 0.980. The Labute approximate surface area is 345 Å². The molecule has 4 heterocycles. The molecule has 0 fully saturated rings. The van der Waals surface area contributed by atoms with Crippen LogP contribution in [0.15, 0.2) is 191 Å². The molecule has 0 saturated carbocycles. The van der Waals surface area contributed by atoms with Crippen molar-refractivity contribution >= 4 is 65.7 Å². The van der Waals surface area contributed by atoms with Crippen molar-refractivity contribution < 1.29 is 15.7 Å². The lowest BCUT2D eigenvalue weighted by atomic mass is 9.98. The van der Waals surface area contributed by atoms with E-state index in [2.05, 4.69) is 83.4 Å². The number of nitrogens with zero attached hydrogens (tertiary/aromatic N) is 4. The first-order chi connectivity index (χ1) is 31.3. The Morgan fingerprint density at radius 2 is 1.14 bits per heavy atom. The first-order valence-electron chi connectivity index (χ1n) is 22.0. The predicted octanol–water partition coefficient (Wildman–Crippen LogP) is 13.3. The highest BCUT2D eigenvalue weighted by Crippen LogP contribution is 2.38. The molecule has 0 amide bonds. The molecule has 6 heteroatoms. The van der Waals surface area contributed by atoms with Crippen molar-refractivity contribution in [1.29, 1.82) is 0 Å². The van der Waals surface area contributed by atoms with Gasteiger partial charge in [-0.3, -0.25) is 0 Å². The van der Waals surface area contributed by atoms with Crippen LogP contribution >= 0.6 is 0 Å². The van der Waals surface area contributed by atoms with Crippen molar-refractivity contribution in [3.05, 3.63) is 204 Å². The van der Waals surface area contributed by atoms with Gasteiger partial charge in [-0.1, -0.05) is 121 Å². The Bertz CT molecular complexity index is 3850. The molecular weight excluding hydrogens is 725 g/mol. The van der Waals surface area contributed by atoms with Crippen LogP contribution in [0.4, 0.5) is 0 Å². The molecule has 0 aliphatic rings. The zero-order valence-electron chi connectivity index (χ0n) is 36.5. The summed E-state index contributed by atoms with van der Waals surface area (Å²) in [5.41, 5.74) is 10.1. The smallest absolute Gasteiger partial charge is 0.164 e. The number of hydrogen-bond donors (Lipinski definition) is 0. The van der Waals surface area contributed by atoms with E-state index < -0.39 is 30.2 Å². The highest BCUT2D eigenvalue weighted by molar-refractivity contribution is 6.12. The summed E-state index contributed by atoms with van der Waals surface area (Å²) in [6.45, 7) is 0. The van der Waals surface area contributed by atoms with Gasteiger partial charge in [-0.25, -0.2) is 15.0 Å². The van der Waals surface area contributed by atoms with Crippen molar-refractivity contribution in [3.8, 4) is 28.5 Å². The number of aromatic nitrogens is 4. The number of fused-ring (bicyclic) bond motifs is 9. The molecule has 4 aromatic heterocycles. The van der Waals surface area contributed by atoms with Crippen LogP contribution < -0.4 is 0 Å². The van der Waals surface area contributed by atoms with E-state index in [0.717, 1.165) is 60.6 Å². The van der Waals surface area contributed by atoms with Crippen LogP contribution in [0.2, 0.25) is 0 Å². The molecule has 0 unspecified atom stereocenters. The SMILES string of the molecule is [2H]c1c([2H])c([2H])c(-c2nc(Cc3cccc4oc5ccc(Cc6ccc7c(c6)c6ccccc6n7-c6ccccc6)cc5c34)nc(-c3cccc4oc5ccccc5c34)n2)c([2H])c1[2H]. The summed E-state index contributed by atoms with van der Waals surface area (Å²) < 4.78 is 57.8. The van der Waals surface area contributed by atoms with Crippen molar-refractivity contribution in [2.45, 2.75) is 12.8 Å². The number of hydrogen-bond acceptors (Lipinski definition) is 5. The van der Waals surface area contributed by atoms with Crippen LogP contribution in [0.25, 0.3) is 94.1 Å². The van der Waals surface area contributed by atoms with E-state index in [-0.39, 0.29) is 17.8 Å². The highest BCUT2D eigenvalue weighted by atomic mass is 16.3. The van der Waals surface area contributed by atoms with E-state index in [1.54, 1.807) is 0 Å². The van der Waals surface area contributed by atoms with Gasteiger partial charge in [0, 0.05) is 55.6 Å². The quantitative estimate of drug-likeness (QED) is 0.162. The first kappa shape index (κ1) is 28.5. The Kier molecular flexibility index (Phi) is 6.48. The van der Waals surface area contributed by atoms with E-state index in [0.29, 0.717) is 34.8 Å². The third kappa shape index (κ3) is 5.60. The van der Waals surface area contributed by atoms with E-state index in [4.69, 9.17) is 30.6 Å². The van der Waals surface area contributed by atoms with E-state index >= 15 is 0 Å².